The van der Waals surface area contributed by atoms with Crippen LogP contribution in [0.3, 0.4) is 0 Å². The molecular weight excluding hydrogens is 432 g/mol. The summed E-state index contributed by atoms with van der Waals surface area (Å²) in [7, 11) is 0. The lowest BCUT2D eigenvalue weighted by Gasteiger charge is -2.19. The van der Waals surface area contributed by atoms with Gasteiger partial charge in [-0.3, -0.25) is 38.4 Å². The minimum Gasteiger partial charge on any atom is -0.480 e. The van der Waals surface area contributed by atoms with Crippen LogP contribution >= 0.6 is 0 Å². The van der Waals surface area contributed by atoms with E-state index in [1.807, 2.05) is 0 Å². The Morgan fingerprint density at radius 3 is 0.875 bits per heavy atom. The number of carboxylic acid groups (broad SMARTS) is 4. The minimum atomic E-state index is -2.94. The quantitative estimate of drug-likeness (QED) is 0.267. The Labute approximate surface area is 183 Å². The van der Waals surface area contributed by atoms with Gasteiger partial charge in [0.2, 0.25) is 0 Å². The normalized spacial score (nSPS) is 10.9. The van der Waals surface area contributed by atoms with Crippen LogP contribution in [0.5, 0.6) is 0 Å². The zero-order valence-electron chi connectivity index (χ0n) is 18.3. The first-order chi connectivity index (χ1) is 14.6. The van der Waals surface area contributed by atoms with Crippen molar-refractivity contribution in [3.05, 3.63) is 0 Å². The zero-order chi connectivity index (χ0) is 25.9. The van der Waals surface area contributed by atoms with Crippen LogP contribution in [-0.2, 0) is 38.4 Å². The summed E-state index contributed by atoms with van der Waals surface area (Å²) < 4.78 is 0. The van der Waals surface area contributed by atoms with Crippen molar-refractivity contribution in [1.29, 1.82) is 0 Å². The Morgan fingerprint density at radius 1 is 0.531 bits per heavy atom. The van der Waals surface area contributed by atoms with Gasteiger partial charge in [-0.1, -0.05) is 26.7 Å². The molecule has 0 radical (unpaired) electrons. The molecule has 12 heteroatoms. The van der Waals surface area contributed by atoms with E-state index in [0.717, 1.165) is 13.8 Å². The van der Waals surface area contributed by atoms with Gasteiger partial charge >= 0.3 is 23.9 Å². The molecule has 0 unspecified atom stereocenters. The molecule has 0 aromatic rings. The second-order valence-electron chi connectivity index (χ2n) is 6.89. The lowest BCUT2D eigenvalue weighted by atomic mass is 9.78. The van der Waals surface area contributed by atoms with Gasteiger partial charge in [-0.05, 0) is 26.7 Å². The van der Waals surface area contributed by atoms with Gasteiger partial charge in [-0.25, -0.2) is 0 Å². The standard InChI is InChI=1S/2C10H14O6/c2*1-3-4-5-7(12)10(6(2)11,8(13)14)9(15)16/h2*3-5H2,1-2H3,(H,13,14)(H,15,16). The topological polar surface area (TPSA) is 217 Å². The third kappa shape index (κ3) is 6.28. The maximum absolute atomic E-state index is 11.6. The molecule has 12 nitrogen and oxygen atoms in total. The van der Waals surface area contributed by atoms with Crippen LogP contribution in [0.25, 0.3) is 0 Å². The van der Waals surface area contributed by atoms with Gasteiger partial charge in [-0.2, -0.15) is 0 Å². The van der Waals surface area contributed by atoms with E-state index in [9.17, 15) is 38.4 Å². The van der Waals surface area contributed by atoms with E-state index in [2.05, 4.69) is 0 Å². The lowest BCUT2D eigenvalue weighted by molar-refractivity contribution is -0.174. The van der Waals surface area contributed by atoms with E-state index >= 15 is 0 Å². The van der Waals surface area contributed by atoms with Gasteiger partial charge in [0.25, 0.3) is 10.8 Å². The molecule has 0 saturated heterocycles. The Bertz CT molecular complexity index is 654. The van der Waals surface area contributed by atoms with Crippen LogP contribution in [-0.4, -0.2) is 67.4 Å². The summed E-state index contributed by atoms with van der Waals surface area (Å²) in [4.78, 5) is 89.0. The molecule has 0 aromatic carbocycles. The summed E-state index contributed by atoms with van der Waals surface area (Å²) in [5, 5.41) is 35.2. The first kappa shape index (κ1) is 30.8. The van der Waals surface area contributed by atoms with Crippen LogP contribution in [0.2, 0.25) is 0 Å². The molecule has 32 heavy (non-hydrogen) atoms. The lowest BCUT2D eigenvalue weighted by Crippen LogP contribution is -2.51. The number of aliphatic carboxylic acids is 4. The number of hydrogen-bond acceptors (Lipinski definition) is 8. The van der Waals surface area contributed by atoms with Crippen molar-refractivity contribution < 1.29 is 58.8 Å². The molecule has 180 valence electrons. The molecule has 0 aromatic heterocycles. The van der Waals surface area contributed by atoms with Crippen molar-refractivity contribution in [3.8, 4) is 0 Å². The summed E-state index contributed by atoms with van der Waals surface area (Å²) >= 11 is 0. The predicted octanol–water partition coefficient (Wildman–Crippen LogP) is 0.981. The highest BCUT2D eigenvalue weighted by atomic mass is 16.4. The molecule has 0 saturated carbocycles. The van der Waals surface area contributed by atoms with Gasteiger partial charge in [0.05, 0.1) is 0 Å². The molecule has 0 heterocycles. The molecule has 0 aliphatic carbocycles. The van der Waals surface area contributed by atoms with Gasteiger partial charge in [0.1, 0.15) is 0 Å². The second kappa shape index (κ2) is 13.1. The number of Topliss-reactive ketones (excluding diaryl/α,β-unsaturated/α-hetero) is 4. The van der Waals surface area contributed by atoms with E-state index < -0.39 is 57.8 Å². The fourth-order valence-corrected chi connectivity index (χ4v) is 2.70. The third-order valence-corrected chi connectivity index (χ3v) is 4.69. The van der Waals surface area contributed by atoms with Crippen molar-refractivity contribution in [1.82, 2.24) is 0 Å². The van der Waals surface area contributed by atoms with Crippen molar-refractivity contribution in [3.63, 3.8) is 0 Å². The molecule has 0 amide bonds. The van der Waals surface area contributed by atoms with Crippen molar-refractivity contribution in [2.45, 2.75) is 66.2 Å². The number of carbonyl (C=O) groups is 8. The Hall–Kier alpha value is -3.44. The molecule has 0 aliphatic heterocycles. The number of unbranched alkanes of at least 4 members (excludes halogenated alkanes) is 2. The molecular formula is C20H28O12. The summed E-state index contributed by atoms with van der Waals surface area (Å²) in [6.07, 6.45) is 1.48. The largest absolute Gasteiger partial charge is 0.480 e. The molecule has 0 rings (SSSR count). The SMILES string of the molecule is CCCCC(=O)C(C(C)=O)(C(=O)O)C(=O)O.CCCCC(=O)C(C(C)=O)(C(=O)O)C(=O)O. The van der Waals surface area contributed by atoms with Gasteiger partial charge in [0, 0.05) is 12.8 Å². The Balaban J connectivity index is 0. The fraction of sp³-hybridized carbons (Fsp3) is 0.600. The van der Waals surface area contributed by atoms with Gasteiger partial charge in [0.15, 0.2) is 23.1 Å². The van der Waals surface area contributed by atoms with Gasteiger partial charge in [-0.15, -0.1) is 0 Å². The van der Waals surface area contributed by atoms with E-state index in [1.54, 1.807) is 13.8 Å². The highest BCUT2D eigenvalue weighted by Crippen LogP contribution is 2.25. The van der Waals surface area contributed by atoms with Gasteiger partial charge < -0.3 is 20.4 Å². The maximum Gasteiger partial charge on any atom is 0.336 e. The predicted molar refractivity (Wildman–Crippen MR) is 106 cm³/mol. The summed E-state index contributed by atoms with van der Waals surface area (Å²) in [5.41, 5.74) is -5.87. The number of rotatable bonds is 14. The monoisotopic (exact) mass is 460 g/mol. The van der Waals surface area contributed by atoms with Crippen LogP contribution in [0.1, 0.15) is 66.2 Å². The Morgan fingerprint density at radius 2 is 0.750 bits per heavy atom. The fourth-order valence-electron chi connectivity index (χ4n) is 2.70. The number of ketones is 4. The maximum atomic E-state index is 11.6. The Kier molecular flexibility index (Phi) is 12.6. The number of carboxylic acids is 4. The van der Waals surface area contributed by atoms with Crippen molar-refractivity contribution in [2.24, 2.45) is 10.8 Å². The molecule has 0 aliphatic rings. The molecule has 0 bridgehead atoms. The van der Waals surface area contributed by atoms with E-state index in [-0.39, 0.29) is 12.8 Å². The molecule has 0 atom stereocenters. The average molecular weight is 460 g/mol. The van der Waals surface area contributed by atoms with Crippen molar-refractivity contribution >= 4 is 47.0 Å². The van der Waals surface area contributed by atoms with Crippen molar-refractivity contribution in [2.75, 3.05) is 0 Å². The third-order valence-electron chi connectivity index (χ3n) is 4.69. The summed E-state index contributed by atoms with van der Waals surface area (Å²) in [6, 6.07) is 0. The van der Waals surface area contributed by atoms with Crippen LogP contribution in [0.4, 0.5) is 0 Å². The van der Waals surface area contributed by atoms with E-state index in [4.69, 9.17) is 20.4 Å². The zero-order valence-corrected chi connectivity index (χ0v) is 18.3. The first-order valence-electron chi connectivity index (χ1n) is 9.65. The smallest absolute Gasteiger partial charge is 0.336 e. The first-order valence-corrected chi connectivity index (χ1v) is 9.65. The summed E-state index contributed by atoms with van der Waals surface area (Å²) in [6.45, 7) is 5.13. The highest BCUT2D eigenvalue weighted by Gasteiger charge is 2.58. The number of carbonyl (C=O) groups excluding carboxylic acids is 4. The molecule has 0 fully saturated rings. The van der Waals surface area contributed by atoms with Crippen LogP contribution < -0.4 is 0 Å². The number of hydrogen-bond donors (Lipinski definition) is 4. The van der Waals surface area contributed by atoms with E-state index in [0.29, 0.717) is 25.7 Å². The molecule has 0 spiro atoms. The average Bonchev–Trinajstić information content (AvgIpc) is 2.64. The highest BCUT2D eigenvalue weighted by molar-refractivity contribution is 6.35. The van der Waals surface area contributed by atoms with E-state index in [1.165, 1.54) is 0 Å². The summed E-state index contributed by atoms with van der Waals surface area (Å²) in [5.74, 6) is -12.2. The van der Waals surface area contributed by atoms with Crippen LogP contribution in [0.15, 0.2) is 0 Å². The second-order valence-corrected chi connectivity index (χ2v) is 6.89. The van der Waals surface area contributed by atoms with Crippen LogP contribution in [0, 0.1) is 10.8 Å². The molecule has 4 N–H and O–H groups in total. The minimum absolute atomic E-state index is 0.228.